The van der Waals surface area contributed by atoms with E-state index in [9.17, 15) is 0 Å². The van der Waals surface area contributed by atoms with Crippen molar-refractivity contribution < 1.29 is 0 Å². The van der Waals surface area contributed by atoms with Crippen LogP contribution < -0.4 is 5.32 Å². The van der Waals surface area contributed by atoms with E-state index in [0.29, 0.717) is 0 Å². The van der Waals surface area contributed by atoms with Crippen LogP contribution in [0.4, 0.5) is 5.13 Å². The predicted molar refractivity (Wildman–Crippen MR) is 83.2 cm³/mol. The maximum absolute atomic E-state index is 4.64. The lowest BCUT2D eigenvalue weighted by Crippen LogP contribution is -1.97. The van der Waals surface area contributed by atoms with Crippen LogP contribution in [0.15, 0.2) is 24.4 Å². The number of fused-ring (bicyclic) bond motifs is 1. The number of rotatable bonds is 4. The minimum atomic E-state index is 0.754. The molecule has 0 bridgehead atoms. The zero-order valence-electron chi connectivity index (χ0n) is 10.9. The van der Waals surface area contributed by atoms with Gasteiger partial charge in [0, 0.05) is 11.1 Å². The Hall–Kier alpha value is -1.46. The number of benzene rings is 1. The second kappa shape index (κ2) is 5.27. The van der Waals surface area contributed by atoms with Gasteiger partial charge in [-0.15, -0.1) is 11.3 Å². The Morgan fingerprint density at radius 2 is 2.16 bits per heavy atom. The van der Waals surface area contributed by atoms with Crippen LogP contribution in [-0.2, 0) is 13.0 Å². The second-order valence-electron chi connectivity index (χ2n) is 4.37. The molecule has 0 radical (unpaired) electrons. The molecule has 0 amide bonds. The SMILES string of the molecule is CCc1cnc(CNc2nc3c(C)cccc3s2)s1. The van der Waals surface area contributed by atoms with E-state index in [0.717, 1.165) is 28.6 Å². The standard InChI is InChI=1S/C14H15N3S2/c1-3-10-7-15-12(18-10)8-16-14-17-13-9(2)5-4-6-11(13)19-14/h4-7H,3,8H2,1-2H3,(H,16,17). The van der Waals surface area contributed by atoms with Gasteiger partial charge in [-0.25, -0.2) is 9.97 Å². The maximum atomic E-state index is 4.64. The first kappa shape index (κ1) is 12.6. The van der Waals surface area contributed by atoms with Crippen molar-refractivity contribution in [1.29, 1.82) is 0 Å². The summed E-state index contributed by atoms with van der Waals surface area (Å²) in [6.07, 6.45) is 3.02. The molecule has 98 valence electrons. The third kappa shape index (κ3) is 2.62. The largest absolute Gasteiger partial charge is 0.355 e. The number of aromatic nitrogens is 2. The van der Waals surface area contributed by atoms with E-state index in [1.54, 1.807) is 22.7 Å². The molecule has 0 atom stereocenters. The van der Waals surface area contributed by atoms with E-state index < -0.39 is 0 Å². The molecule has 0 saturated carbocycles. The third-order valence-electron chi connectivity index (χ3n) is 2.96. The summed E-state index contributed by atoms with van der Waals surface area (Å²) in [7, 11) is 0. The molecule has 0 aliphatic heterocycles. The lowest BCUT2D eigenvalue weighted by Gasteiger charge is -1.97. The molecule has 2 aromatic heterocycles. The number of nitrogens with zero attached hydrogens (tertiary/aromatic N) is 2. The summed E-state index contributed by atoms with van der Waals surface area (Å²) in [5, 5.41) is 5.46. The van der Waals surface area contributed by atoms with Crippen LogP contribution in [0.1, 0.15) is 22.4 Å². The Labute approximate surface area is 120 Å². The molecule has 0 saturated heterocycles. The topological polar surface area (TPSA) is 37.8 Å². The monoisotopic (exact) mass is 289 g/mol. The number of para-hydroxylation sites is 1. The van der Waals surface area contributed by atoms with Gasteiger partial charge in [0.15, 0.2) is 5.13 Å². The van der Waals surface area contributed by atoms with Gasteiger partial charge in [-0.1, -0.05) is 30.4 Å². The molecule has 1 N–H and O–H groups in total. The predicted octanol–water partition coefficient (Wildman–Crippen LogP) is 4.24. The number of aryl methyl sites for hydroxylation is 2. The van der Waals surface area contributed by atoms with E-state index in [4.69, 9.17) is 0 Å². The average Bonchev–Trinajstić information content (AvgIpc) is 3.03. The molecule has 3 rings (SSSR count). The van der Waals surface area contributed by atoms with E-state index >= 15 is 0 Å². The molecule has 1 aromatic carbocycles. The fourth-order valence-electron chi connectivity index (χ4n) is 1.91. The minimum Gasteiger partial charge on any atom is -0.355 e. The fourth-order valence-corrected chi connectivity index (χ4v) is 3.65. The number of anilines is 1. The molecule has 2 heterocycles. The quantitative estimate of drug-likeness (QED) is 0.781. The van der Waals surface area contributed by atoms with Gasteiger partial charge >= 0.3 is 0 Å². The molecule has 0 unspecified atom stereocenters. The van der Waals surface area contributed by atoms with E-state index in [1.165, 1.54) is 15.1 Å². The third-order valence-corrected chi connectivity index (χ3v) is 5.08. The van der Waals surface area contributed by atoms with Crippen molar-refractivity contribution in [2.75, 3.05) is 5.32 Å². The molecule has 0 fully saturated rings. The summed E-state index contributed by atoms with van der Waals surface area (Å²) < 4.78 is 1.23. The lowest BCUT2D eigenvalue weighted by atomic mass is 10.2. The summed E-state index contributed by atoms with van der Waals surface area (Å²) >= 11 is 3.46. The molecule has 3 aromatic rings. The molecule has 19 heavy (non-hydrogen) atoms. The first-order valence-corrected chi connectivity index (χ1v) is 7.93. The van der Waals surface area contributed by atoms with Gasteiger partial charge in [-0.2, -0.15) is 0 Å². The van der Waals surface area contributed by atoms with E-state index in [-0.39, 0.29) is 0 Å². The van der Waals surface area contributed by atoms with Crippen molar-refractivity contribution in [3.63, 3.8) is 0 Å². The van der Waals surface area contributed by atoms with Crippen LogP contribution in [0.5, 0.6) is 0 Å². The van der Waals surface area contributed by atoms with Crippen LogP contribution in [0.3, 0.4) is 0 Å². The highest BCUT2D eigenvalue weighted by Gasteiger charge is 2.06. The number of nitrogens with one attached hydrogen (secondary N) is 1. The van der Waals surface area contributed by atoms with Crippen molar-refractivity contribution >= 4 is 38.0 Å². The number of thiazole rings is 2. The van der Waals surface area contributed by atoms with Crippen molar-refractivity contribution in [2.45, 2.75) is 26.8 Å². The van der Waals surface area contributed by atoms with Gasteiger partial charge < -0.3 is 5.32 Å². The fraction of sp³-hybridized carbons (Fsp3) is 0.286. The molecule has 0 aliphatic rings. The Bertz CT molecular complexity index is 700. The maximum Gasteiger partial charge on any atom is 0.184 e. The Balaban J connectivity index is 1.76. The summed E-state index contributed by atoms with van der Waals surface area (Å²) in [6.45, 7) is 5.00. The number of hydrogen-bond donors (Lipinski definition) is 1. The molecular weight excluding hydrogens is 274 g/mol. The van der Waals surface area contributed by atoms with Crippen LogP contribution in [0, 0.1) is 6.92 Å². The van der Waals surface area contributed by atoms with Crippen LogP contribution >= 0.6 is 22.7 Å². The lowest BCUT2D eigenvalue weighted by molar-refractivity contribution is 1.09. The average molecular weight is 289 g/mol. The van der Waals surface area contributed by atoms with Gasteiger partial charge in [0.1, 0.15) is 5.01 Å². The van der Waals surface area contributed by atoms with Crippen LogP contribution in [0.2, 0.25) is 0 Å². The van der Waals surface area contributed by atoms with Gasteiger partial charge in [0.25, 0.3) is 0 Å². The van der Waals surface area contributed by atoms with Gasteiger partial charge in [0.2, 0.25) is 0 Å². The molecule has 5 heteroatoms. The molecule has 0 spiro atoms. The van der Waals surface area contributed by atoms with E-state index in [2.05, 4.69) is 47.3 Å². The minimum absolute atomic E-state index is 0.754. The first-order chi connectivity index (χ1) is 9.26. The van der Waals surface area contributed by atoms with Crippen molar-refractivity contribution in [3.8, 4) is 0 Å². The zero-order chi connectivity index (χ0) is 13.2. The highest BCUT2D eigenvalue weighted by Crippen LogP contribution is 2.28. The van der Waals surface area contributed by atoms with Crippen LogP contribution in [-0.4, -0.2) is 9.97 Å². The normalized spacial score (nSPS) is 11.1. The Kier molecular flexibility index (Phi) is 3.48. The Morgan fingerprint density at radius 3 is 2.89 bits per heavy atom. The van der Waals surface area contributed by atoms with Gasteiger partial charge in [0.05, 0.1) is 16.8 Å². The van der Waals surface area contributed by atoms with Crippen molar-refractivity contribution in [1.82, 2.24) is 9.97 Å². The smallest absolute Gasteiger partial charge is 0.184 e. The zero-order valence-corrected chi connectivity index (χ0v) is 12.6. The van der Waals surface area contributed by atoms with Crippen molar-refractivity contribution in [3.05, 3.63) is 39.8 Å². The summed E-state index contributed by atoms with van der Waals surface area (Å²) in [5.74, 6) is 0. The second-order valence-corrected chi connectivity index (χ2v) is 6.60. The molecule has 0 aliphatic carbocycles. The highest BCUT2D eigenvalue weighted by molar-refractivity contribution is 7.22. The molecule has 3 nitrogen and oxygen atoms in total. The Morgan fingerprint density at radius 1 is 1.26 bits per heavy atom. The van der Waals surface area contributed by atoms with Gasteiger partial charge in [-0.05, 0) is 25.0 Å². The highest BCUT2D eigenvalue weighted by atomic mass is 32.1. The molecular formula is C14H15N3S2. The van der Waals surface area contributed by atoms with E-state index in [1.807, 2.05) is 6.20 Å². The summed E-state index contributed by atoms with van der Waals surface area (Å²) in [6, 6.07) is 6.29. The van der Waals surface area contributed by atoms with Crippen molar-refractivity contribution in [2.24, 2.45) is 0 Å². The van der Waals surface area contributed by atoms with Gasteiger partial charge in [-0.3, -0.25) is 0 Å². The number of hydrogen-bond acceptors (Lipinski definition) is 5. The van der Waals surface area contributed by atoms with Crippen LogP contribution in [0.25, 0.3) is 10.2 Å². The first-order valence-electron chi connectivity index (χ1n) is 6.30. The summed E-state index contributed by atoms with van der Waals surface area (Å²) in [5.41, 5.74) is 2.33. The summed E-state index contributed by atoms with van der Waals surface area (Å²) in [4.78, 5) is 10.4.